The maximum absolute atomic E-state index is 11.9. The Labute approximate surface area is 107 Å². The second-order valence-corrected chi connectivity index (χ2v) is 5.61. The highest BCUT2D eigenvalue weighted by Crippen LogP contribution is 2.16. The van der Waals surface area contributed by atoms with Crippen LogP contribution in [0, 0.1) is 12.8 Å². The highest BCUT2D eigenvalue weighted by molar-refractivity contribution is 7.12. The molecule has 4 heteroatoms. The molecule has 1 aliphatic heterocycles. The van der Waals surface area contributed by atoms with Crippen molar-refractivity contribution < 1.29 is 4.79 Å². The Balaban J connectivity index is 1.71. The summed E-state index contributed by atoms with van der Waals surface area (Å²) < 4.78 is 0. The molecule has 1 aromatic rings. The Morgan fingerprint density at radius 3 is 3.18 bits per heavy atom. The molecule has 0 spiro atoms. The monoisotopic (exact) mass is 252 g/mol. The number of nitrogens with one attached hydrogen (secondary N) is 2. The Bertz CT molecular complexity index is 369. The third-order valence-electron chi connectivity index (χ3n) is 3.31. The molecule has 1 aromatic heterocycles. The fraction of sp³-hybridized carbons (Fsp3) is 0.615. The van der Waals surface area contributed by atoms with Crippen molar-refractivity contribution in [2.75, 3.05) is 19.6 Å². The summed E-state index contributed by atoms with van der Waals surface area (Å²) in [6.45, 7) is 5.03. The first-order valence-corrected chi connectivity index (χ1v) is 7.18. The van der Waals surface area contributed by atoms with Crippen LogP contribution in [-0.4, -0.2) is 25.5 Å². The molecule has 1 fully saturated rings. The predicted molar refractivity (Wildman–Crippen MR) is 71.6 cm³/mol. The zero-order valence-corrected chi connectivity index (χ0v) is 11.1. The average molecular weight is 252 g/mol. The summed E-state index contributed by atoms with van der Waals surface area (Å²) in [6, 6.07) is 1.99. The van der Waals surface area contributed by atoms with Crippen molar-refractivity contribution in [3.05, 3.63) is 21.9 Å². The van der Waals surface area contributed by atoms with Crippen LogP contribution in [0.1, 0.15) is 34.5 Å². The number of amides is 1. The minimum Gasteiger partial charge on any atom is -0.351 e. The van der Waals surface area contributed by atoms with Crippen LogP contribution < -0.4 is 10.6 Å². The second kappa shape index (κ2) is 6.17. The molecule has 0 bridgehead atoms. The number of hydrogen-bond acceptors (Lipinski definition) is 3. The van der Waals surface area contributed by atoms with Crippen LogP contribution in [0.15, 0.2) is 11.4 Å². The van der Waals surface area contributed by atoms with Crippen molar-refractivity contribution in [1.29, 1.82) is 0 Å². The first kappa shape index (κ1) is 12.6. The van der Waals surface area contributed by atoms with Gasteiger partial charge in [0.05, 0.1) is 4.88 Å². The van der Waals surface area contributed by atoms with Crippen LogP contribution in [0.2, 0.25) is 0 Å². The van der Waals surface area contributed by atoms with Crippen LogP contribution in [-0.2, 0) is 0 Å². The lowest BCUT2D eigenvalue weighted by atomic mass is 9.96. The van der Waals surface area contributed by atoms with E-state index in [1.165, 1.54) is 24.2 Å². The summed E-state index contributed by atoms with van der Waals surface area (Å²) in [4.78, 5) is 12.7. The van der Waals surface area contributed by atoms with Crippen molar-refractivity contribution >= 4 is 17.2 Å². The Hall–Kier alpha value is -0.870. The summed E-state index contributed by atoms with van der Waals surface area (Å²) in [5, 5.41) is 8.38. The smallest absolute Gasteiger partial charge is 0.261 e. The molecule has 2 N–H and O–H groups in total. The van der Waals surface area contributed by atoms with Gasteiger partial charge in [0.1, 0.15) is 0 Å². The van der Waals surface area contributed by atoms with Gasteiger partial charge in [0, 0.05) is 6.54 Å². The maximum Gasteiger partial charge on any atom is 0.261 e. The fourth-order valence-corrected chi connectivity index (χ4v) is 3.09. The molecular formula is C13H20N2OS. The van der Waals surface area contributed by atoms with Crippen LogP contribution in [0.25, 0.3) is 0 Å². The van der Waals surface area contributed by atoms with E-state index < -0.39 is 0 Å². The van der Waals surface area contributed by atoms with Crippen LogP contribution >= 0.6 is 11.3 Å². The minimum absolute atomic E-state index is 0.0845. The number of thiophene rings is 1. The first-order chi connectivity index (χ1) is 8.27. The SMILES string of the molecule is Cc1ccsc1C(=O)NCCC1CCCNC1. The van der Waals surface area contributed by atoms with E-state index in [0.717, 1.165) is 42.4 Å². The molecule has 94 valence electrons. The van der Waals surface area contributed by atoms with Gasteiger partial charge in [0.15, 0.2) is 0 Å². The quantitative estimate of drug-likeness (QED) is 0.862. The third kappa shape index (κ3) is 3.54. The molecule has 1 aliphatic rings. The van der Waals surface area contributed by atoms with Gasteiger partial charge in [-0.05, 0) is 62.2 Å². The lowest BCUT2D eigenvalue weighted by molar-refractivity contribution is 0.0954. The number of rotatable bonds is 4. The van der Waals surface area contributed by atoms with Crippen molar-refractivity contribution in [3.8, 4) is 0 Å². The van der Waals surface area contributed by atoms with E-state index in [-0.39, 0.29) is 5.91 Å². The van der Waals surface area contributed by atoms with E-state index in [0.29, 0.717) is 0 Å². The zero-order chi connectivity index (χ0) is 12.1. The molecule has 0 aromatic carbocycles. The molecule has 1 saturated heterocycles. The summed E-state index contributed by atoms with van der Waals surface area (Å²) >= 11 is 1.52. The molecule has 0 radical (unpaired) electrons. The van der Waals surface area contributed by atoms with Crippen molar-refractivity contribution in [1.82, 2.24) is 10.6 Å². The molecule has 1 amide bonds. The number of carbonyl (C=O) groups is 1. The summed E-state index contributed by atoms with van der Waals surface area (Å²) in [5.41, 5.74) is 1.08. The van der Waals surface area contributed by atoms with Crippen molar-refractivity contribution in [2.24, 2.45) is 5.92 Å². The normalized spacial score (nSPS) is 20.2. The number of aryl methyl sites for hydroxylation is 1. The number of carbonyl (C=O) groups excluding carboxylic acids is 1. The van der Waals surface area contributed by atoms with Crippen LogP contribution in [0.5, 0.6) is 0 Å². The van der Waals surface area contributed by atoms with E-state index in [4.69, 9.17) is 0 Å². The van der Waals surface area contributed by atoms with E-state index in [2.05, 4.69) is 10.6 Å². The van der Waals surface area contributed by atoms with Gasteiger partial charge in [-0.2, -0.15) is 0 Å². The lowest BCUT2D eigenvalue weighted by Crippen LogP contribution is -2.33. The molecule has 17 heavy (non-hydrogen) atoms. The van der Waals surface area contributed by atoms with E-state index in [1.54, 1.807) is 0 Å². The van der Waals surface area contributed by atoms with Crippen molar-refractivity contribution in [2.45, 2.75) is 26.2 Å². The second-order valence-electron chi connectivity index (χ2n) is 4.69. The fourth-order valence-electron chi connectivity index (χ4n) is 2.25. The molecule has 3 nitrogen and oxygen atoms in total. The highest BCUT2D eigenvalue weighted by atomic mass is 32.1. The summed E-state index contributed by atoms with van der Waals surface area (Å²) in [6.07, 6.45) is 3.65. The lowest BCUT2D eigenvalue weighted by Gasteiger charge is -2.22. The Morgan fingerprint density at radius 2 is 2.53 bits per heavy atom. The topological polar surface area (TPSA) is 41.1 Å². The Kier molecular flexibility index (Phi) is 4.57. The minimum atomic E-state index is 0.0845. The maximum atomic E-state index is 11.9. The predicted octanol–water partition coefficient (Wildman–Crippen LogP) is 2.18. The molecule has 1 atom stereocenters. The average Bonchev–Trinajstić information content (AvgIpc) is 2.77. The summed E-state index contributed by atoms with van der Waals surface area (Å²) in [7, 11) is 0. The highest BCUT2D eigenvalue weighted by Gasteiger charge is 2.14. The number of hydrogen-bond donors (Lipinski definition) is 2. The number of piperidine rings is 1. The third-order valence-corrected chi connectivity index (χ3v) is 4.32. The first-order valence-electron chi connectivity index (χ1n) is 6.30. The molecule has 0 aliphatic carbocycles. The molecule has 2 heterocycles. The van der Waals surface area contributed by atoms with Crippen molar-refractivity contribution in [3.63, 3.8) is 0 Å². The molecule has 1 unspecified atom stereocenters. The van der Waals surface area contributed by atoms with Gasteiger partial charge < -0.3 is 10.6 Å². The van der Waals surface area contributed by atoms with Gasteiger partial charge in [-0.15, -0.1) is 11.3 Å². The Morgan fingerprint density at radius 1 is 1.65 bits per heavy atom. The van der Waals surface area contributed by atoms with Gasteiger partial charge in [-0.25, -0.2) is 0 Å². The van der Waals surface area contributed by atoms with E-state index in [1.807, 2.05) is 18.4 Å². The molecular weight excluding hydrogens is 232 g/mol. The van der Waals surface area contributed by atoms with Gasteiger partial charge in [-0.1, -0.05) is 0 Å². The van der Waals surface area contributed by atoms with Crippen LogP contribution in [0.3, 0.4) is 0 Å². The van der Waals surface area contributed by atoms with E-state index >= 15 is 0 Å². The van der Waals surface area contributed by atoms with Gasteiger partial charge in [-0.3, -0.25) is 4.79 Å². The standard InChI is InChI=1S/C13H20N2OS/c1-10-5-8-17-12(10)13(16)15-7-4-11-3-2-6-14-9-11/h5,8,11,14H,2-4,6-7,9H2,1H3,(H,15,16). The van der Waals surface area contributed by atoms with E-state index in [9.17, 15) is 4.79 Å². The van der Waals surface area contributed by atoms with Crippen LogP contribution in [0.4, 0.5) is 0 Å². The van der Waals surface area contributed by atoms with Gasteiger partial charge >= 0.3 is 0 Å². The molecule has 2 rings (SSSR count). The van der Waals surface area contributed by atoms with Gasteiger partial charge in [0.2, 0.25) is 0 Å². The largest absolute Gasteiger partial charge is 0.351 e. The molecule has 0 saturated carbocycles. The zero-order valence-electron chi connectivity index (χ0n) is 10.3. The summed E-state index contributed by atoms with van der Waals surface area (Å²) in [5.74, 6) is 0.815. The van der Waals surface area contributed by atoms with Gasteiger partial charge in [0.25, 0.3) is 5.91 Å².